The lowest BCUT2D eigenvalue weighted by atomic mass is 9.85. The summed E-state index contributed by atoms with van der Waals surface area (Å²) in [6.07, 6.45) is 10.5. The Morgan fingerprint density at radius 1 is 1.16 bits per heavy atom. The molecule has 0 aromatic heterocycles. The van der Waals surface area contributed by atoms with E-state index in [4.69, 9.17) is 22.7 Å². The van der Waals surface area contributed by atoms with Crippen molar-refractivity contribution in [2.45, 2.75) is 71.3 Å². The summed E-state index contributed by atoms with van der Waals surface area (Å²) in [5.74, 6) is 1.88. The first-order chi connectivity index (χ1) is 14.9. The molecule has 0 radical (unpaired) electrons. The van der Waals surface area contributed by atoms with Gasteiger partial charge in [-0.2, -0.15) is 4.99 Å². The van der Waals surface area contributed by atoms with E-state index in [2.05, 4.69) is 29.1 Å². The summed E-state index contributed by atoms with van der Waals surface area (Å²) < 4.78 is 5.96. The number of hydrogen-bond acceptors (Lipinski definition) is 4. The van der Waals surface area contributed by atoms with Crippen LogP contribution in [-0.4, -0.2) is 46.7 Å². The molecule has 0 amide bonds. The molecule has 7 heteroatoms. The van der Waals surface area contributed by atoms with Crippen molar-refractivity contribution in [1.29, 1.82) is 0 Å². The van der Waals surface area contributed by atoms with E-state index in [1.807, 2.05) is 24.3 Å². The molecular weight excluding hydrogens is 424 g/mol. The Morgan fingerprint density at radius 3 is 2.45 bits per heavy atom. The third-order valence-corrected chi connectivity index (χ3v) is 7.87. The molecule has 2 fully saturated rings. The Labute approximate surface area is 197 Å². The number of aliphatic imine (C=N–C) groups is 1. The molecule has 5 nitrogen and oxygen atoms in total. The summed E-state index contributed by atoms with van der Waals surface area (Å²) in [6.45, 7) is 7.70. The zero-order valence-electron chi connectivity index (χ0n) is 19.1. The van der Waals surface area contributed by atoms with Gasteiger partial charge in [0.05, 0.1) is 0 Å². The molecule has 1 atom stereocenters. The van der Waals surface area contributed by atoms with E-state index in [0.29, 0.717) is 28.3 Å². The topological polar surface area (TPSA) is 62.9 Å². The maximum absolute atomic E-state index is 6.15. The van der Waals surface area contributed by atoms with Crippen LogP contribution >= 0.6 is 24.0 Å². The number of amidine groups is 1. The Balaban J connectivity index is 1.41. The molecule has 1 heterocycles. The minimum absolute atomic E-state index is 0.360. The van der Waals surface area contributed by atoms with Crippen LogP contribution in [-0.2, 0) is 0 Å². The van der Waals surface area contributed by atoms with Crippen LogP contribution in [0.4, 0.5) is 5.69 Å². The van der Waals surface area contributed by atoms with Gasteiger partial charge >= 0.3 is 0 Å². The van der Waals surface area contributed by atoms with E-state index in [9.17, 15) is 0 Å². The van der Waals surface area contributed by atoms with Crippen LogP contribution in [0.25, 0.3) is 0 Å². The molecule has 1 aromatic carbocycles. The van der Waals surface area contributed by atoms with Crippen molar-refractivity contribution in [3.05, 3.63) is 24.3 Å². The number of anilines is 1. The smallest absolute Gasteiger partial charge is 0.199 e. The molecule has 3 rings (SSSR count). The van der Waals surface area contributed by atoms with Crippen molar-refractivity contribution in [2.75, 3.05) is 30.8 Å². The van der Waals surface area contributed by atoms with E-state index in [1.54, 1.807) is 11.8 Å². The fourth-order valence-corrected chi connectivity index (χ4v) is 5.61. The number of hydrogen-bond donors (Lipinski definition) is 2. The highest BCUT2D eigenvalue weighted by Gasteiger charge is 2.26. The summed E-state index contributed by atoms with van der Waals surface area (Å²) in [5, 5.41) is 4.09. The molecular formula is C24H38N4OS2. The Hall–Kier alpha value is -1.31. The number of thiocarbonyl (C=S) groups is 1. The molecule has 1 aliphatic heterocycles. The van der Waals surface area contributed by atoms with Crippen LogP contribution in [0.2, 0.25) is 0 Å². The lowest BCUT2D eigenvalue weighted by Gasteiger charge is -2.27. The number of rotatable bonds is 7. The van der Waals surface area contributed by atoms with Gasteiger partial charge in [0, 0.05) is 17.5 Å². The lowest BCUT2D eigenvalue weighted by molar-refractivity contribution is 0.172. The molecule has 172 valence electrons. The third-order valence-electron chi connectivity index (χ3n) is 6.45. The van der Waals surface area contributed by atoms with Crippen molar-refractivity contribution in [3.63, 3.8) is 0 Å². The Kier molecular flexibility index (Phi) is 9.48. The van der Waals surface area contributed by atoms with Crippen LogP contribution in [0.15, 0.2) is 29.3 Å². The first-order valence-electron chi connectivity index (χ1n) is 11.7. The van der Waals surface area contributed by atoms with Crippen molar-refractivity contribution in [3.8, 4) is 5.75 Å². The van der Waals surface area contributed by atoms with Gasteiger partial charge in [-0.3, -0.25) is 4.90 Å². The van der Waals surface area contributed by atoms with E-state index in [-0.39, 0.29) is 0 Å². The van der Waals surface area contributed by atoms with E-state index in [0.717, 1.165) is 17.2 Å². The maximum Gasteiger partial charge on any atom is 0.199 e. The second-order valence-corrected chi connectivity index (χ2v) is 10.7. The highest BCUT2D eigenvalue weighted by molar-refractivity contribution is 8.13. The first-order valence-corrected chi connectivity index (χ1v) is 13.1. The highest BCUT2D eigenvalue weighted by Crippen LogP contribution is 2.37. The van der Waals surface area contributed by atoms with E-state index < -0.39 is 0 Å². The van der Waals surface area contributed by atoms with Crippen LogP contribution in [0.3, 0.4) is 0 Å². The van der Waals surface area contributed by atoms with Gasteiger partial charge in [0.1, 0.15) is 12.4 Å². The number of ether oxygens (including phenoxy) is 1. The summed E-state index contributed by atoms with van der Waals surface area (Å²) in [4.78, 5) is 6.87. The predicted molar refractivity (Wildman–Crippen MR) is 138 cm³/mol. The van der Waals surface area contributed by atoms with Crippen LogP contribution < -0.4 is 15.8 Å². The van der Waals surface area contributed by atoms with Crippen LogP contribution in [0, 0.1) is 5.41 Å². The number of nitrogens with two attached hydrogens (primary N) is 1. The highest BCUT2D eigenvalue weighted by atomic mass is 32.2. The number of benzene rings is 1. The summed E-state index contributed by atoms with van der Waals surface area (Å²) in [5.41, 5.74) is 7.40. The Morgan fingerprint density at radius 2 is 1.81 bits per heavy atom. The van der Waals surface area contributed by atoms with Crippen molar-refractivity contribution < 1.29 is 4.74 Å². The molecule has 1 saturated carbocycles. The minimum atomic E-state index is 0.360. The monoisotopic (exact) mass is 462 g/mol. The summed E-state index contributed by atoms with van der Waals surface area (Å²) in [7, 11) is 0. The van der Waals surface area contributed by atoms with Gasteiger partial charge < -0.3 is 15.8 Å². The van der Waals surface area contributed by atoms with Crippen molar-refractivity contribution in [2.24, 2.45) is 16.1 Å². The lowest BCUT2D eigenvalue weighted by Crippen LogP contribution is -2.34. The summed E-state index contributed by atoms with van der Waals surface area (Å²) in [6, 6.07) is 8.32. The van der Waals surface area contributed by atoms with Gasteiger partial charge in [0.15, 0.2) is 10.3 Å². The van der Waals surface area contributed by atoms with Crippen LogP contribution in [0.1, 0.15) is 65.2 Å². The number of likely N-dealkylation sites (tertiary alicyclic amines) is 1. The normalized spacial score (nSPS) is 20.8. The Bertz CT molecular complexity index is 724. The number of nitrogens with one attached hydrogen (secondary N) is 1. The van der Waals surface area contributed by atoms with E-state index in [1.165, 1.54) is 64.5 Å². The fraction of sp³-hybridized carbons (Fsp3) is 0.667. The van der Waals surface area contributed by atoms with Gasteiger partial charge in [0.25, 0.3) is 0 Å². The second-order valence-electron chi connectivity index (χ2n) is 9.32. The molecule has 1 aromatic rings. The van der Waals surface area contributed by atoms with Gasteiger partial charge in [-0.1, -0.05) is 44.4 Å². The molecule has 1 aliphatic carbocycles. The zero-order valence-corrected chi connectivity index (χ0v) is 20.7. The second kappa shape index (κ2) is 12.1. The predicted octanol–water partition coefficient (Wildman–Crippen LogP) is 5.65. The zero-order chi connectivity index (χ0) is 22.1. The first kappa shape index (κ1) is 24.3. The molecule has 0 bridgehead atoms. The molecule has 31 heavy (non-hydrogen) atoms. The molecule has 0 spiro atoms. The maximum atomic E-state index is 6.15. The third kappa shape index (κ3) is 8.28. The van der Waals surface area contributed by atoms with Crippen molar-refractivity contribution >= 4 is 39.9 Å². The van der Waals surface area contributed by atoms with Crippen LogP contribution in [0.5, 0.6) is 5.75 Å². The average molecular weight is 463 g/mol. The van der Waals surface area contributed by atoms with E-state index >= 15 is 0 Å². The fourth-order valence-electron chi connectivity index (χ4n) is 4.40. The minimum Gasteiger partial charge on any atom is -0.492 e. The van der Waals surface area contributed by atoms with Gasteiger partial charge in [0.2, 0.25) is 0 Å². The summed E-state index contributed by atoms with van der Waals surface area (Å²) >= 11 is 7.01. The number of nitrogens with zero attached hydrogens (tertiary/aromatic N) is 2. The SMILES string of the molecule is CC(COc1ccc(NC(=S)/N=C(\N)SCC2(C)CCCCCC2)cc1)N1CCCC1. The molecule has 1 saturated heterocycles. The molecule has 3 N–H and O–H groups in total. The molecule has 1 unspecified atom stereocenters. The van der Waals surface area contributed by atoms with Gasteiger partial charge in [-0.15, -0.1) is 0 Å². The molecule has 2 aliphatic rings. The van der Waals surface area contributed by atoms with Crippen molar-refractivity contribution in [1.82, 2.24) is 4.90 Å². The number of thioether (sulfide) groups is 1. The van der Waals surface area contributed by atoms with Gasteiger partial charge in [-0.25, -0.2) is 0 Å². The van der Waals surface area contributed by atoms with Gasteiger partial charge in [-0.05, 0) is 87.6 Å². The largest absolute Gasteiger partial charge is 0.492 e. The standard InChI is InChI=1S/C24H38N4OS2/c1-19(28-15-7-8-16-28)17-29-21-11-9-20(10-12-21)26-23(30)27-22(25)31-18-24(2)13-5-3-4-6-14-24/h9-12,19H,3-8,13-18H2,1-2H3,(H3,25,26,27,30). The average Bonchev–Trinajstić information content (AvgIpc) is 3.21. The quantitative estimate of drug-likeness (QED) is 0.236.